The molecule has 0 saturated heterocycles. The number of aliphatic hydroxyl groups is 1. The Morgan fingerprint density at radius 3 is 2.58 bits per heavy atom. The first-order valence-electron chi connectivity index (χ1n) is 4.53. The Hall–Kier alpha value is -0.120. The predicted octanol–water partition coefficient (Wildman–Crippen LogP) is 0.901. The summed E-state index contributed by atoms with van der Waals surface area (Å²) in [7, 11) is 0. The molecule has 0 rings (SSSR count). The third kappa shape index (κ3) is 5.52. The lowest BCUT2D eigenvalue weighted by Gasteiger charge is -2.23. The quantitative estimate of drug-likeness (QED) is 0.630. The van der Waals surface area contributed by atoms with Gasteiger partial charge in [0.05, 0.1) is 24.9 Å². The monoisotopic (exact) mass is 175 g/mol. The highest BCUT2D eigenvalue weighted by Gasteiger charge is 2.18. The zero-order chi connectivity index (χ0) is 9.61. The Kier molecular flexibility index (Phi) is 5.46. The SMILES string of the molecule is CCCC(C)OCC(C)(N)CO. The van der Waals surface area contributed by atoms with E-state index in [1.165, 1.54) is 0 Å². The molecule has 0 aromatic heterocycles. The van der Waals surface area contributed by atoms with Gasteiger partial charge in [0.2, 0.25) is 0 Å². The fraction of sp³-hybridized carbons (Fsp3) is 1.00. The van der Waals surface area contributed by atoms with Crippen LogP contribution >= 0.6 is 0 Å². The third-order valence-corrected chi connectivity index (χ3v) is 1.75. The van der Waals surface area contributed by atoms with Gasteiger partial charge < -0.3 is 15.6 Å². The van der Waals surface area contributed by atoms with Crippen molar-refractivity contribution in [3.05, 3.63) is 0 Å². The van der Waals surface area contributed by atoms with E-state index in [1.54, 1.807) is 6.92 Å². The Morgan fingerprint density at radius 1 is 1.58 bits per heavy atom. The van der Waals surface area contributed by atoms with Crippen LogP contribution in [0.1, 0.15) is 33.6 Å². The van der Waals surface area contributed by atoms with Crippen LogP contribution < -0.4 is 5.73 Å². The largest absolute Gasteiger partial charge is 0.394 e. The maximum Gasteiger partial charge on any atom is 0.0669 e. The second kappa shape index (κ2) is 5.51. The number of aliphatic hydroxyl groups excluding tert-OH is 1. The normalized spacial score (nSPS) is 18.8. The van der Waals surface area contributed by atoms with Crippen molar-refractivity contribution in [1.29, 1.82) is 0 Å². The highest BCUT2D eigenvalue weighted by Crippen LogP contribution is 2.05. The van der Waals surface area contributed by atoms with Gasteiger partial charge in [-0.1, -0.05) is 13.3 Å². The molecule has 74 valence electrons. The Balaban J connectivity index is 3.52. The molecule has 0 aliphatic heterocycles. The summed E-state index contributed by atoms with van der Waals surface area (Å²) in [5, 5.41) is 8.83. The van der Waals surface area contributed by atoms with Crippen molar-refractivity contribution in [3.8, 4) is 0 Å². The Bertz CT molecular complexity index is 115. The van der Waals surface area contributed by atoms with Gasteiger partial charge in [0, 0.05) is 0 Å². The molecule has 2 unspecified atom stereocenters. The van der Waals surface area contributed by atoms with Crippen LogP contribution in [0.3, 0.4) is 0 Å². The molecular formula is C9H21NO2. The number of hydrogen-bond donors (Lipinski definition) is 2. The number of rotatable bonds is 6. The molecule has 0 aromatic carbocycles. The summed E-state index contributed by atoms with van der Waals surface area (Å²) in [5.41, 5.74) is 5.09. The summed E-state index contributed by atoms with van der Waals surface area (Å²) in [4.78, 5) is 0. The second-order valence-corrected chi connectivity index (χ2v) is 3.72. The van der Waals surface area contributed by atoms with Gasteiger partial charge in [0.25, 0.3) is 0 Å². The minimum Gasteiger partial charge on any atom is -0.394 e. The zero-order valence-electron chi connectivity index (χ0n) is 8.34. The summed E-state index contributed by atoms with van der Waals surface area (Å²) in [6.45, 7) is 6.31. The van der Waals surface area contributed by atoms with E-state index in [9.17, 15) is 0 Å². The molecule has 3 nitrogen and oxygen atoms in total. The smallest absolute Gasteiger partial charge is 0.0669 e. The van der Waals surface area contributed by atoms with Crippen molar-refractivity contribution < 1.29 is 9.84 Å². The van der Waals surface area contributed by atoms with Crippen LogP contribution in [-0.2, 0) is 4.74 Å². The molecule has 0 fully saturated rings. The maximum absolute atomic E-state index is 8.83. The van der Waals surface area contributed by atoms with Crippen LogP contribution in [0.2, 0.25) is 0 Å². The standard InChI is InChI=1S/C9H21NO2/c1-4-5-8(2)12-7-9(3,10)6-11/h8,11H,4-7,10H2,1-3H3. The molecule has 0 bridgehead atoms. The predicted molar refractivity (Wildman–Crippen MR) is 50.0 cm³/mol. The van der Waals surface area contributed by atoms with E-state index < -0.39 is 5.54 Å². The van der Waals surface area contributed by atoms with E-state index >= 15 is 0 Å². The molecule has 0 radical (unpaired) electrons. The molecule has 0 spiro atoms. The van der Waals surface area contributed by atoms with Gasteiger partial charge >= 0.3 is 0 Å². The van der Waals surface area contributed by atoms with Crippen LogP contribution in [-0.4, -0.2) is 30.0 Å². The van der Waals surface area contributed by atoms with Crippen LogP contribution in [0, 0.1) is 0 Å². The first-order valence-corrected chi connectivity index (χ1v) is 4.53. The van der Waals surface area contributed by atoms with Crippen LogP contribution in [0.25, 0.3) is 0 Å². The van der Waals surface area contributed by atoms with Crippen molar-refractivity contribution in [3.63, 3.8) is 0 Å². The summed E-state index contributed by atoms with van der Waals surface area (Å²) >= 11 is 0. The summed E-state index contributed by atoms with van der Waals surface area (Å²) < 4.78 is 5.45. The number of ether oxygens (including phenoxy) is 1. The molecular weight excluding hydrogens is 154 g/mol. The first kappa shape index (κ1) is 11.9. The van der Waals surface area contributed by atoms with Crippen molar-refractivity contribution in [1.82, 2.24) is 0 Å². The second-order valence-electron chi connectivity index (χ2n) is 3.72. The highest BCUT2D eigenvalue weighted by molar-refractivity contribution is 4.76. The van der Waals surface area contributed by atoms with Gasteiger partial charge in [-0.2, -0.15) is 0 Å². The molecule has 0 heterocycles. The van der Waals surface area contributed by atoms with E-state index in [4.69, 9.17) is 15.6 Å². The van der Waals surface area contributed by atoms with E-state index in [1.807, 2.05) is 6.92 Å². The molecule has 3 heteroatoms. The van der Waals surface area contributed by atoms with Crippen molar-refractivity contribution in [2.45, 2.75) is 45.3 Å². The summed E-state index contributed by atoms with van der Waals surface area (Å²) in [6.07, 6.45) is 2.40. The zero-order valence-corrected chi connectivity index (χ0v) is 8.34. The van der Waals surface area contributed by atoms with Gasteiger partial charge in [-0.3, -0.25) is 0 Å². The lowest BCUT2D eigenvalue weighted by Crippen LogP contribution is -2.45. The third-order valence-electron chi connectivity index (χ3n) is 1.75. The van der Waals surface area contributed by atoms with Crippen LogP contribution in [0.15, 0.2) is 0 Å². The fourth-order valence-corrected chi connectivity index (χ4v) is 0.868. The van der Waals surface area contributed by atoms with Crippen molar-refractivity contribution in [2.24, 2.45) is 5.73 Å². The Morgan fingerprint density at radius 2 is 2.17 bits per heavy atom. The van der Waals surface area contributed by atoms with Gasteiger partial charge in [-0.15, -0.1) is 0 Å². The van der Waals surface area contributed by atoms with E-state index in [0.717, 1.165) is 12.8 Å². The molecule has 12 heavy (non-hydrogen) atoms. The minimum atomic E-state index is -0.595. The van der Waals surface area contributed by atoms with Crippen LogP contribution in [0.4, 0.5) is 0 Å². The first-order chi connectivity index (χ1) is 5.52. The van der Waals surface area contributed by atoms with Gasteiger partial charge in [0.15, 0.2) is 0 Å². The lowest BCUT2D eigenvalue weighted by molar-refractivity contribution is 0.0136. The molecule has 3 N–H and O–H groups in total. The van der Waals surface area contributed by atoms with E-state index in [2.05, 4.69) is 6.92 Å². The average Bonchev–Trinajstić information content (AvgIpc) is 2.02. The van der Waals surface area contributed by atoms with Crippen molar-refractivity contribution >= 4 is 0 Å². The number of hydrogen-bond acceptors (Lipinski definition) is 3. The fourth-order valence-electron chi connectivity index (χ4n) is 0.868. The van der Waals surface area contributed by atoms with Crippen molar-refractivity contribution in [2.75, 3.05) is 13.2 Å². The highest BCUT2D eigenvalue weighted by atomic mass is 16.5. The summed E-state index contributed by atoms with van der Waals surface area (Å²) in [5.74, 6) is 0. The minimum absolute atomic E-state index is 0.0359. The summed E-state index contributed by atoms with van der Waals surface area (Å²) in [6, 6.07) is 0. The Labute approximate surface area is 74.9 Å². The van der Waals surface area contributed by atoms with Gasteiger partial charge in [-0.05, 0) is 20.3 Å². The lowest BCUT2D eigenvalue weighted by atomic mass is 10.1. The molecule has 0 aliphatic rings. The number of nitrogens with two attached hydrogens (primary N) is 1. The maximum atomic E-state index is 8.83. The molecule has 0 amide bonds. The topological polar surface area (TPSA) is 55.5 Å². The molecule has 0 saturated carbocycles. The molecule has 2 atom stereocenters. The van der Waals surface area contributed by atoms with Gasteiger partial charge in [0.1, 0.15) is 0 Å². The van der Waals surface area contributed by atoms with E-state index in [0.29, 0.717) is 6.61 Å². The van der Waals surface area contributed by atoms with Gasteiger partial charge in [-0.25, -0.2) is 0 Å². The van der Waals surface area contributed by atoms with Crippen LogP contribution in [0.5, 0.6) is 0 Å². The molecule has 0 aromatic rings. The molecule has 0 aliphatic carbocycles. The van der Waals surface area contributed by atoms with E-state index in [-0.39, 0.29) is 12.7 Å². The average molecular weight is 175 g/mol.